The zero-order valence-electron chi connectivity index (χ0n) is 61.3. The van der Waals surface area contributed by atoms with E-state index >= 15 is 44.7 Å². The fraction of sp³-hybridized carbons (Fsp3) is 0.521. The molecule has 4 fully saturated rings. The number of nitrogens with zero attached hydrogens (tertiary/aromatic N) is 8. The molecule has 111 heavy (non-hydrogen) atoms. The Morgan fingerprint density at radius 1 is 0.766 bits per heavy atom. The number of carboxylic acids is 1. The van der Waals surface area contributed by atoms with Crippen molar-refractivity contribution in [3.8, 4) is 28.8 Å². The number of carbonyl (C=O) groups is 7. The van der Waals surface area contributed by atoms with E-state index in [4.69, 9.17) is 14.0 Å². The molecule has 4 aliphatic rings. The third-order valence-electron chi connectivity index (χ3n) is 19.9. The first-order chi connectivity index (χ1) is 51.8. The van der Waals surface area contributed by atoms with Gasteiger partial charge in [-0.25, -0.2) is 47.4 Å². The molecule has 5 amide bonds. The lowest BCUT2D eigenvalue weighted by molar-refractivity contribution is -0.221. The van der Waals surface area contributed by atoms with E-state index in [1.54, 1.807) is 5.32 Å². The number of carbonyl (C=O) groups excluding carboxylic acids is 6. The van der Waals surface area contributed by atoms with Crippen molar-refractivity contribution < 1.29 is 126 Å². The van der Waals surface area contributed by atoms with E-state index < -0.39 is 201 Å². The maximum Gasteiger partial charge on any atom is 0.524 e. The maximum absolute atomic E-state index is 16.9. The standard InChI is InChI=1S/C71H83F10N12O17P/c1-37-20-42(25-55(95)91-32-46(94)26-52(91)62(99)100)57(53(21-37)110-111(103,104)105)67(2,3)27-56(96)109-54(34-90(88-61(98)59(86-66(102)107-9)69(6,7)71(79,80)81)33-47-48(72)23-41(24-49(47)73)50-18-19-92(87-50)63(74)75)51(84-60(97)58(85-65(101)106-8)68(4,5)70(76,77)78)22-39-13-10-38(11-14-39)12-15-40-28-82-64(83-29-40)89-30-43-16-17-44(31-89)93(43)45-35-108-36-45/h10-11,13-14,18-21,23-24,28-29,43-46,51-52,54,58-59,63,94H,16-17,22,25-27,30-36H2,1-9H3,(H,84,97)(H,85,101)(H,86,102)(H,88,98)(H,99,100)(H2,103,104,105)/t43?,44?,46-,51+,52+,54+,58-,59-/m1/s1. The fourth-order valence-corrected chi connectivity index (χ4v) is 14.2. The molecule has 4 aliphatic heterocycles. The zero-order valence-corrected chi connectivity index (χ0v) is 62.2. The Morgan fingerprint density at radius 2 is 1.33 bits per heavy atom. The van der Waals surface area contributed by atoms with Gasteiger partial charge in [0.1, 0.15) is 41.6 Å². The minimum Gasteiger partial charge on any atom is -0.480 e. The first-order valence-electron chi connectivity index (χ1n) is 34.6. The highest BCUT2D eigenvalue weighted by molar-refractivity contribution is 7.46. The Bertz CT molecular complexity index is 4340. The van der Waals surface area contributed by atoms with Crippen LogP contribution in [-0.2, 0) is 72.3 Å². The molecule has 2 bridgehead atoms. The topological polar surface area (TPSA) is 368 Å². The number of nitrogens with one attached hydrogen (secondary N) is 4. The summed E-state index contributed by atoms with van der Waals surface area (Å²) in [6, 6.07) is 1.94. The summed E-state index contributed by atoms with van der Waals surface area (Å²) in [7, 11) is -4.16. The number of likely N-dealkylation sites (tertiary alicyclic amines) is 1. The van der Waals surface area contributed by atoms with Gasteiger partial charge < -0.3 is 59.4 Å². The summed E-state index contributed by atoms with van der Waals surface area (Å²) >= 11 is 0. The van der Waals surface area contributed by atoms with E-state index in [-0.39, 0.29) is 32.5 Å². The Kier molecular flexibility index (Phi) is 26.2. The molecule has 4 saturated heterocycles. The maximum atomic E-state index is 16.9. The van der Waals surface area contributed by atoms with Crippen molar-refractivity contribution in [3.05, 3.63) is 124 Å². The van der Waals surface area contributed by atoms with Crippen molar-refractivity contribution in [1.82, 2.24) is 55.9 Å². The number of aliphatic carboxylic acids is 1. The largest absolute Gasteiger partial charge is 0.524 e. The number of aromatic nitrogens is 4. The molecule has 2 aromatic heterocycles. The van der Waals surface area contributed by atoms with Gasteiger partial charge in [0.25, 0.3) is 5.91 Å². The van der Waals surface area contributed by atoms with Crippen molar-refractivity contribution in [2.75, 3.05) is 58.5 Å². The number of aliphatic hydroxyl groups excluding tert-OH is 1. The number of aryl methyl sites for hydroxylation is 1. The number of phosphoric ester groups is 1. The molecule has 0 aliphatic carbocycles. The van der Waals surface area contributed by atoms with Gasteiger partial charge in [-0.1, -0.05) is 43.9 Å². The van der Waals surface area contributed by atoms with Crippen molar-refractivity contribution in [1.29, 1.82) is 0 Å². The molecule has 604 valence electrons. The molecule has 0 spiro atoms. The number of benzene rings is 3. The summed E-state index contributed by atoms with van der Waals surface area (Å²) in [5.74, 6) is -4.98. The number of hydrogen-bond acceptors (Lipinski definition) is 20. The van der Waals surface area contributed by atoms with E-state index in [2.05, 4.69) is 56.9 Å². The Morgan fingerprint density at radius 3 is 1.85 bits per heavy atom. The van der Waals surface area contributed by atoms with Crippen molar-refractivity contribution in [3.63, 3.8) is 0 Å². The van der Waals surface area contributed by atoms with Crippen LogP contribution >= 0.6 is 7.82 Å². The number of anilines is 1. The second-order valence-corrected chi connectivity index (χ2v) is 30.4. The number of esters is 1. The molecule has 5 aromatic rings. The summed E-state index contributed by atoms with van der Waals surface area (Å²) in [5.41, 5.74) is -8.13. The molecule has 6 heterocycles. The van der Waals surface area contributed by atoms with E-state index in [0.29, 0.717) is 101 Å². The van der Waals surface area contributed by atoms with Gasteiger partial charge in [0.2, 0.25) is 17.8 Å². The number of piperazine rings is 1. The van der Waals surface area contributed by atoms with Crippen molar-refractivity contribution in [2.45, 2.75) is 172 Å². The van der Waals surface area contributed by atoms with Crippen LogP contribution < -0.4 is 30.8 Å². The number of hydrazine groups is 1. The number of fused-ring (bicyclic) bond motifs is 2. The van der Waals surface area contributed by atoms with Crippen LogP contribution in [0.3, 0.4) is 0 Å². The highest BCUT2D eigenvalue weighted by Crippen LogP contribution is 2.47. The predicted octanol–water partition coefficient (Wildman–Crippen LogP) is 7.30. The van der Waals surface area contributed by atoms with Crippen LogP contribution in [0.5, 0.6) is 5.75 Å². The third kappa shape index (κ3) is 20.5. The number of carboxylic acid groups (broad SMARTS) is 1. The lowest BCUT2D eigenvalue weighted by Crippen LogP contribution is -2.64. The summed E-state index contributed by atoms with van der Waals surface area (Å²) in [6.45, 7) is 2.10. The highest BCUT2D eigenvalue weighted by Gasteiger charge is 2.58. The highest BCUT2D eigenvalue weighted by atomic mass is 31.2. The average Bonchev–Trinajstić information content (AvgIpc) is 1.75. The van der Waals surface area contributed by atoms with E-state index in [1.165, 1.54) is 63.5 Å². The number of amides is 5. The van der Waals surface area contributed by atoms with Crippen LogP contribution in [-0.4, -0.2) is 217 Å². The molecule has 2 unspecified atom stereocenters. The number of β-amino-alcohol motifs (C(OH)–C–C–N with tert-alkyl or cyclic N) is 1. The van der Waals surface area contributed by atoms with Crippen LogP contribution in [0.2, 0.25) is 0 Å². The van der Waals surface area contributed by atoms with Gasteiger partial charge in [-0.3, -0.25) is 39.3 Å². The Balaban J connectivity index is 1.17. The van der Waals surface area contributed by atoms with Crippen LogP contribution in [0.4, 0.5) is 59.4 Å². The predicted molar refractivity (Wildman–Crippen MR) is 370 cm³/mol. The van der Waals surface area contributed by atoms with Gasteiger partial charge in [0.05, 0.1) is 87.1 Å². The number of alkyl carbamates (subject to hydrolysis) is 2. The lowest BCUT2D eigenvalue weighted by atomic mass is 9.77. The van der Waals surface area contributed by atoms with E-state index in [0.717, 1.165) is 50.3 Å². The molecular weight excluding hydrogens is 1510 g/mol. The lowest BCUT2D eigenvalue weighted by Gasteiger charge is -2.47. The molecule has 40 heteroatoms. The SMILES string of the molecule is COC(=O)N[C@H](C(=O)N[C@@H](Cc1ccc(C#Cc2cnc(N3CC4CCC(C3)N4C3COC3)nc2)cc1)[C@H](CN(Cc1c(F)cc(-c2ccn(C(F)F)n2)cc1F)NC(=O)[C@@H](NC(=O)OC)C(C)(C)C(F)(F)F)OC(=O)CC(C)(C)c1c(CC(=O)N2C[C@H](O)C[C@H]2C(=O)O)cc(C)cc1OP(=O)(O)O)C(C)(C)C(F)(F)F. The molecule has 8 atom stereocenters. The second-order valence-electron chi connectivity index (χ2n) is 29.2. The van der Waals surface area contributed by atoms with Gasteiger partial charge in [0, 0.05) is 90.9 Å². The van der Waals surface area contributed by atoms with Crippen LogP contribution in [0.25, 0.3) is 11.3 Å². The minimum absolute atomic E-state index is 0.0713. The number of halogens is 10. The summed E-state index contributed by atoms with van der Waals surface area (Å²) in [4.78, 5) is 133. The smallest absolute Gasteiger partial charge is 0.480 e. The van der Waals surface area contributed by atoms with Crippen molar-refractivity contribution >= 4 is 55.6 Å². The van der Waals surface area contributed by atoms with Gasteiger partial charge in [-0.2, -0.15) is 40.2 Å². The number of ether oxygens (including phenoxy) is 4. The number of alkyl halides is 8. The number of rotatable bonds is 28. The first-order valence-corrected chi connectivity index (χ1v) is 36.1. The molecule has 0 saturated carbocycles. The average molecular weight is 1600 g/mol. The zero-order chi connectivity index (χ0) is 81.8. The van der Waals surface area contributed by atoms with Crippen LogP contribution in [0, 0.1) is 41.2 Å². The van der Waals surface area contributed by atoms with Gasteiger partial charge >= 0.3 is 50.8 Å². The first kappa shape index (κ1) is 85.3. The number of methoxy groups -OCH3 is 2. The third-order valence-corrected chi connectivity index (χ3v) is 20.4. The summed E-state index contributed by atoms with van der Waals surface area (Å²) in [6.07, 6.45) is -14.9. The summed E-state index contributed by atoms with van der Waals surface area (Å²) in [5, 5.41) is 30.5. The number of hydrogen-bond donors (Lipinski definition) is 8. The molecule has 9 rings (SSSR count). The van der Waals surface area contributed by atoms with Gasteiger partial charge in [-0.05, 0) is 107 Å². The van der Waals surface area contributed by atoms with E-state index in [1.807, 2.05) is 5.32 Å². The van der Waals surface area contributed by atoms with Gasteiger partial charge in [0.15, 0.2) is 0 Å². The molecular formula is C71H83F10N12O17P. The molecule has 0 radical (unpaired) electrons. The fourth-order valence-electron chi connectivity index (χ4n) is 13.8. The van der Waals surface area contributed by atoms with Crippen LogP contribution in [0.15, 0.2) is 73.2 Å². The van der Waals surface area contributed by atoms with Crippen molar-refractivity contribution in [2.24, 2.45) is 10.8 Å². The summed E-state index contributed by atoms with van der Waals surface area (Å²) < 4.78 is 191. The molecule has 3 aromatic carbocycles. The van der Waals surface area contributed by atoms with Crippen LogP contribution in [0.1, 0.15) is 113 Å². The Hall–Kier alpha value is -9.71. The normalized spacial score (nSPS) is 18.9. The molecule has 8 N–H and O–H groups in total. The minimum atomic E-state index is -5.63. The van der Waals surface area contributed by atoms with Gasteiger partial charge in [-0.15, -0.1) is 0 Å². The van der Waals surface area contributed by atoms with E-state index in [9.17, 15) is 57.3 Å². The Labute approximate surface area is 629 Å². The number of phosphoric acid groups is 1. The molecule has 29 nitrogen and oxygen atoms in total. The second kappa shape index (κ2) is 34.1. The number of aliphatic hydroxyl groups is 1. The monoisotopic (exact) mass is 1600 g/mol. The quantitative estimate of drug-likeness (QED) is 0.00608.